The van der Waals surface area contributed by atoms with Gasteiger partial charge in [-0.1, -0.05) is 32.1 Å². The van der Waals surface area contributed by atoms with E-state index in [-0.39, 0.29) is 16.8 Å². The van der Waals surface area contributed by atoms with Crippen LogP contribution in [0.2, 0.25) is 0 Å². The van der Waals surface area contributed by atoms with Gasteiger partial charge < -0.3 is 11.1 Å². The van der Waals surface area contributed by atoms with Crippen LogP contribution in [0.5, 0.6) is 0 Å². The minimum Gasteiger partial charge on any atom is -0.393 e. The van der Waals surface area contributed by atoms with E-state index in [1.54, 1.807) is 0 Å². The van der Waals surface area contributed by atoms with Crippen LogP contribution in [0.15, 0.2) is 18.2 Å². The summed E-state index contributed by atoms with van der Waals surface area (Å²) in [5, 5.41) is 2.93. The minimum atomic E-state index is -0.414. The molecule has 0 heterocycles. The van der Waals surface area contributed by atoms with Crippen molar-refractivity contribution in [2.75, 3.05) is 5.32 Å². The first kappa shape index (κ1) is 14.0. The minimum absolute atomic E-state index is 0.104. The van der Waals surface area contributed by atoms with Crippen molar-refractivity contribution >= 4 is 28.8 Å². The average Bonchev–Trinajstić information content (AvgIpc) is 2.74. The molecule has 4 heteroatoms. The molecule has 0 saturated heterocycles. The van der Waals surface area contributed by atoms with Gasteiger partial charge >= 0.3 is 0 Å². The van der Waals surface area contributed by atoms with Gasteiger partial charge in [-0.2, -0.15) is 0 Å². The predicted molar refractivity (Wildman–Crippen MR) is 82.2 cm³/mol. The Morgan fingerprint density at radius 2 is 2.00 bits per heavy atom. The number of carbonyl (C=O) groups excluding carboxylic acids is 1. The maximum atomic E-state index is 12.2. The van der Waals surface area contributed by atoms with E-state index in [1.165, 1.54) is 17.5 Å². The number of fused-ring (bicyclic) bond motifs is 1. The van der Waals surface area contributed by atoms with Gasteiger partial charge in [0.1, 0.15) is 0 Å². The third-order valence-electron chi connectivity index (χ3n) is 3.62. The molecule has 0 aromatic heterocycles. The van der Waals surface area contributed by atoms with Crippen LogP contribution < -0.4 is 11.1 Å². The van der Waals surface area contributed by atoms with Crippen molar-refractivity contribution in [3.05, 3.63) is 29.3 Å². The SMILES string of the molecule is CC(C)C(C(=O)Nc1ccc2c(c1)CCC2)C(N)=S. The summed E-state index contributed by atoms with van der Waals surface area (Å²) in [6.45, 7) is 3.90. The molecule has 0 saturated carbocycles. The van der Waals surface area contributed by atoms with Gasteiger partial charge in [-0.15, -0.1) is 0 Å². The zero-order chi connectivity index (χ0) is 14.0. The van der Waals surface area contributed by atoms with Gasteiger partial charge in [0.2, 0.25) is 5.91 Å². The van der Waals surface area contributed by atoms with Crippen molar-refractivity contribution in [1.82, 2.24) is 0 Å². The lowest BCUT2D eigenvalue weighted by Gasteiger charge is -2.19. The maximum absolute atomic E-state index is 12.2. The van der Waals surface area contributed by atoms with Crippen molar-refractivity contribution in [3.8, 4) is 0 Å². The number of hydrogen-bond donors (Lipinski definition) is 2. The third kappa shape index (κ3) is 3.13. The Morgan fingerprint density at radius 3 is 2.63 bits per heavy atom. The molecule has 1 atom stereocenters. The quantitative estimate of drug-likeness (QED) is 0.831. The fraction of sp³-hybridized carbons (Fsp3) is 0.467. The first-order chi connectivity index (χ1) is 8.99. The molecular formula is C15H20N2OS. The number of rotatable bonds is 4. The van der Waals surface area contributed by atoms with Crippen molar-refractivity contribution in [2.45, 2.75) is 33.1 Å². The first-order valence-corrected chi connectivity index (χ1v) is 7.12. The summed E-state index contributed by atoms with van der Waals surface area (Å²) in [6.07, 6.45) is 3.45. The molecule has 19 heavy (non-hydrogen) atoms. The zero-order valence-corrected chi connectivity index (χ0v) is 12.2. The first-order valence-electron chi connectivity index (χ1n) is 6.71. The van der Waals surface area contributed by atoms with Gasteiger partial charge in [0, 0.05) is 5.69 Å². The van der Waals surface area contributed by atoms with E-state index in [2.05, 4.69) is 17.4 Å². The van der Waals surface area contributed by atoms with Gasteiger partial charge in [-0.05, 0) is 48.4 Å². The molecule has 1 aromatic carbocycles. The highest BCUT2D eigenvalue weighted by Crippen LogP contribution is 2.25. The summed E-state index contributed by atoms with van der Waals surface area (Å²) in [4.78, 5) is 12.5. The van der Waals surface area contributed by atoms with Crippen LogP contribution in [0, 0.1) is 11.8 Å². The average molecular weight is 276 g/mol. The second-order valence-corrected chi connectivity index (χ2v) is 5.92. The molecule has 102 valence electrons. The third-order valence-corrected chi connectivity index (χ3v) is 3.88. The van der Waals surface area contributed by atoms with Crippen LogP contribution in [0.4, 0.5) is 5.69 Å². The van der Waals surface area contributed by atoms with Crippen LogP contribution in [-0.2, 0) is 17.6 Å². The zero-order valence-electron chi connectivity index (χ0n) is 11.4. The van der Waals surface area contributed by atoms with Crippen molar-refractivity contribution in [1.29, 1.82) is 0 Å². The number of hydrogen-bond acceptors (Lipinski definition) is 2. The molecule has 2 rings (SSSR count). The van der Waals surface area contributed by atoms with Gasteiger partial charge in [-0.3, -0.25) is 4.79 Å². The van der Waals surface area contributed by atoms with Crippen molar-refractivity contribution < 1.29 is 4.79 Å². The fourth-order valence-corrected chi connectivity index (χ4v) is 3.01. The number of aryl methyl sites for hydroxylation is 2. The van der Waals surface area contributed by atoms with E-state index < -0.39 is 5.92 Å². The highest BCUT2D eigenvalue weighted by Gasteiger charge is 2.25. The molecule has 1 aliphatic carbocycles. The molecule has 1 aliphatic rings. The second-order valence-electron chi connectivity index (χ2n) is 5.45. The molecule has 0 bridgehead atoms. The van der Waals surface area contributed by atoms with Crippen LogP contribution >= 0.6 is 12.2 Å². The molecule has 3 nitrogen and oxygen atoms in total. The van der Waals surface area contributed by atoms with Crippen LogP contribution in [0.3, 0.4) is 0 Å². The normalized spacial score (nSPS) is 15.1. The Morgan fingerprint density at radius 1 is 1.32 bits per heavy atom. The van der Waals surface area contributed by atoms with E-state index in [4.69, 9.17) is 18.0 Å². The number of nitrogens with two attached hydrogens (primary N) is 1. The topological polar surface area (TPSA) is 55.1 Å². The summed E-state index contributed by atoms with van der Waals surface area (Å²) in [5.41, 5.74) is 9.23. The number of nitrogens with one attached hydrogen (secondary N) is 1. The Hall–Kier alpha value is -1.42. The Kier molecular flexibility index (Phi) is 4.20. The van der Waals surface area contributed by atoms with Gasteiger partial charge in [0.05, 0.1) is 10.9 Å². The van der Waals surface area contributed by atoms with Crippen molar-refractivity contribution in [3.63, 3.8) is 0 Å². The maximum Gasteiger partial charge on any atom is 0.234 e. The molecule has 1 aromatic rings. The van der Waals surface area contributed by atoms with Crippen LogP contribution in [0.1, 0.15) is 31.4 Å². The summed E-state index contributed by atoms with van der Waals surface area (Å²) < 4.78 is 0. The lowest BCUT2D eigenvalue weighted by Crippen LogP contribution is -2.36. The monoisotopic (exact) mass is 276 g/mol. The molecule has 1 unspecified atom stereocenters. The fourth-order valence-electron chi connectivity index (χ4n) is 2.63. The van der Waals surface area contributed by atoms with Crippen LogP contribution in [-0.4, -0.2) is 10.9 Å². The molecule has 0 radical (unpaired) electrons. The van der Waals surface area contributed by atoms with E-state index >= 15 is 0 Å². The van der Waals surface area contributed by atoms with Gasteiger partial charge in [-0.25, -0.2) is 0 Å². The number of benzene rings is 1. The number of carbonyl (C=O) groups is 1. The molecular weight excluding hydrogens is 256 g/mol. The smallest absolute Gasteiger partial charge is 0.234 e. The Labute approximate surface area is 119 Å². The van der Waals surface area contributed by atoms with Gasteiger partial charge in [0.25, 0.3) is 0 Å². The molecule has 0 spiro atoms. The molecule has 0 fully saturated rings. The highest BCUT2D eigenvalue weighted by molar-refractivity contribution is 7.80. The van der Waals surface area contributed by atoms with E-state index in [9.17, 15) is 4.79 Å². The summed E-state index contributed by atoms with van der Waals surface area (Å²) in [6, 6.07) is 6.12. The number of thiocarbonyl (C=S) groups is 1. The second kappa shape index (κ2) is 5.70. The number of anilines is 1. The summed E-state index contributed by atoms with van der Waals surface area (Å²) in [7, 11) is 0. The predicted octanol–water partition coefficient (Wildman–Crippen LogP) is 2.67. The van der Waals surface area contributed by atoms with Crippen molar-refractivity contribution in [2.24, 2.45) is 17.6 Å². The molecule has 1 amide bonds. The Bertz CT molecular complexity index is 511. The summed E-state index contributed by atoms with van der Waals surface area (Å²) in [5.74, 6) is -0.421. The standard InChI is InChI=1S/C15H20N2OS/c1-9(2)13(14(16)19)15(18)17-12-7-6-10-4-3-5-11(10)8-12/h6-9,13H,3-5H2,1-2H3,(H2,16,19)(H,17,18). The Balaban J connectivity index is 2.12. The number of amides is 1. The molecule has 0 aliphatic heterocycles. The van der Waals surface area contributed by atoms with Crippen LogP contribution in [0.25, 0.3) is 0 Å². The largest absolute Gasteiger partial charge is 0.393 e. The van der Waals surface area contributed by atoms with E-state index in [0.29, 0.717) is 0 Å². The van der Waals surface area contributed by atoms with E-state index in [1.807, 2.05) is 19.9 Å². The lowest BCUT2D eigenvalue weighted by molar-refractivity contribution is -0.118. The van der Waals surface area contributed by atoms with E-state index in [0.717, 1.165) is 18.5 Å². The summed E-state index contributed by atoms with van der Waals surface area (Å²) >= 11 is 4.98. The lowest BCUT2D eigenvalue weighted by atomic mass is 9.95. The van der Waals surface area contributed by atoms with Gasteiger partial charge in [0.15, 0.2) is 0 Å². The highest BCUT2D eigenvalue weighted by atomic mass is 32.1. The molecule has 3 N–H and O–H groups in total.